The number of carboxylic acid groups (broad SMARTS) is 1. The molecule has 1 N–H and O–H groups in total. The van der Waals surface area contributed by atoms with Crippen molar-refractivity contribution in [3.8, 4) is 11.5 Å². The van der Waals surface area contributed by atoms with Gasteiger partial charge in [-0.25, -0.2) is 8.78 Å². The summed E-state index contributed by atoms with van der Waals surface area (Å²) < 4.78 is 37.4. The van der Waals surface area contributed by atoms with Gasteiger partial charge >= 0.3 is 5.97 Å². The van der Waals surface area contributed by atoms with Crippen LogP contribution in [0.4, 0.5) is 8.78 Å². The lowest BCUT2D eigenvalue weighted by atomic mass is 9.80. The highest BCUT2D eigenvalue weighted by Gasteiger charge is 2.34. The first kappa shape index (κ1) is 15.2. The van der Waals surface area contributed by atoms with E-state index in [2.05, 4.69) is 0 Å². The number of benzene rings is 1. The van der Waals surface area contributed by atoms with Crippen LogP contribution in [0.25, 0.3) is 0 Å². The van der Waals surface area contributed by atoms with Crippen molar-refractivity contribution in [2.75, 3.05) is 14.2 Å². The Morgan fingerprint density at radius 2 is 1.74 bits per heavy atom. The molecule has 0 aliphatic rings. The second-order valence-electron chi connectivity index (χ2n) is 4.74. The Balaban J connectivity index is 3.53. The molecule has 0 fully saturated rings. The van der Waals surface area contributed by atoms with E-state index in [4.69, 9.17) is 14.6 Å². The fraction of sp³-hybridized carbons (Fsp3) is 0.462. The summed E-state index contributed by atoms with van der Waals surface area (Å²) in [6, 6.07) is 0.667. The van der Waals surface area contributed by atoms with Gasteiger partial charge in [-0.05, 0) is 0 Å². The molecule has 0 unspecified atom stereocenters. The maximum atomic E-state index is 14.0. The fourth-order valence-corrected chi connectivity index (χ4v) is 2.06. The van der Waals surface area contributed by atoms with Crippen LogP contribution in [0.15, 0.2) is 6.07 Å². The number of aliphatic carboxylic acids is 1. The fourth-order valence-electron chi connectivity index (χ4n) is 2.06. The number of carboxylic acids is 1. The van der Waals surface area contributed by atoms with Gasteiger partial charge < -0.3 is 14.6 Å². The summed E-state index contributed by atoms with van der Waals surface area (Å²) in [4.78, 5) is 10.9. The molecule has 4 nitrogen and oxygen atoms in total. The van der Waals surface area contributed by atoms with Gasteiger partial charge in [-0.15, -0.1) is 0 Å². The zero-order chi connectivity index (χ0) is 14.8. The van der Waals surface area contributed by atoms with E-state index in [0.29, 0.717) is 6.07 Å². The molecule has 0 aliphatic heterocycles. The minimum Gasteiger partial charge on any atom is -0.492 e. The first-order valence-electron chi connectivity index (χ1n) is 5.56. The van der Waals surface area contributed by atoms with Crippen LogP contribution in [0.3, 0.4) is 0 Å². The Kier molecular flexibility index (Phi) is 4.34. The van der Waals surface area contributed by atoms with Crippen LogP contribution in [-0.2, 0) is 10.2 Å². The molecule has 0 radical (unpaired) electrons. The zero-order valence-electron chi connectivity index (χ0n) is 11.2. The number of hydrogen-bond acceptors (Lipinski definition) is 3. The molecule has 1 aromatic rings. The number of carbonyl (C=O) groups is 1. The highest BCUT2D eigenvalue weighted by atomic mass is 19.1. The van der Waals surface area contributed by atoms with Gasteiger partial charge in [0.1, 0.15) is 5.82 Å². The van der Waals surface area contributed by atoms with E-state index in [-0.39, 0.29) is 23.5 Å². The maximum absolute atomic E-state index is 14.0. The minimum absolute atomic E-state index is 0.0179. The van der Waals surface area contributed by atoms with Gasteiger partial charge in [0.15, 0.2) is 17.3 Å². The summed E-state index contributed by atoms with van der Waals surface area (Å²) in [5.74, 6) is -3.20. The number of methoxy groups -OCH3 is 2. The Morgan fingerprint density at radius 3 is 2.16 bits per heavy atom. The molecule has 1 rings (SSSR count). The van der Waals surface area contributed by atoms with Crippen molar-refractivity contribution in [2.24, 2.45) is 0 Å². The summed E-state index contributed by atoms with van der Waals surface area (Å²) in [5.41, 5.74) is -1.09. The average Bonchev–Trinajstić information content (AvgIpc) is 2.25. The van der Waals surface area contributed by atoms with E-state index < -0.39 is 23.0 Å². The summed E-state index contributed by atoms with van der Waals surface area (Å²) in [6.45, 7) is 3.08. The van der Waals surface area contributed by atoms with E-state index in [1.165, 1.54) is 14.2 Å². The molecule has 0 atom stereocenters. The Hall–Kier alpha value is -1.85. The van der Waals surface area contributed by atoms with Crippen molar-refractivity contribution in [1.82, 2.24) is 0 Å². The molecule has 1 aromatic carbocycles. The molecule has 6 heteroatoms. The van der Waals surface area contributed by atoms with Crippen molar-refractivity contribution in [2.45, 2.75) is 25.7 Å². The summed E-state index contributed by atoms with van der Waals surface area (Å²) in [6.07, 6.45) is -0.324. The van der Waals surface area contributed by atoms with Gasteiger partial charge in [0, 0.05) is 17.0 Å². The van der Waals surface area contributed by atoms with Gasteiger partial charge in [0.25, 0.3) is 0 Å². The van der Waals surface area contributed by atoms with E-state index >= 15 is 0 Å². The maximum Gasteiger partial charge on any atom is 0.304 e. The molecule has 0 aromatic heterocycles. The lowest BCUT2D eigenvalue weighted by molar-refractivity contribution is -0.138. The highest BCUT2D eigenvalue weighted by Crippen LogP contribution is 2.43. The quantitative estimate of drug-likeness (QED) is 0.897. The SMILES string of the molecule is COc1c(F)cc(F)c(C(C)(C)CC(=O)O)c1OC. The highest BCUT2D eigenvalue weighted by molar-refractivity contribution is 5.69. The van der Waals surface area contributed by atoms with Gasteiger partial charge in [-0.2, -0.15) is 0 Å². The third-order valence-corrected chi connectivity index (χ3v) is 2.82. The van der Waals surface area contributed by atoms with Crippen LogP contribution in [-0.4, -0.2) is 25.3 Å². The first-order chi connectivity index (χ1) is 8.74. The van der Waals surface area contributed by atoms with Crippen molar-refractivity contribution < 1.29 is 28.2 Å². The third kappa shape index (κ3) is 2.94. The Bertz CT molecular complexity index is 498. The van der Waals surface area contributed by atoms with Crippen LogP contribution in [0, 0.1) is 11.6 Å². The summed E-state index contributed by atoms with van der Waals surface area (Å²) in [5, 5.41) is 8.88. The second-order valence-corrected chi connectivity index (χ2v) is 4.74. The normalized spacial score (nSPS) is 11.3. The minimum atomic E-state index is -1.09. The molecule has 0 bridgehead atoms. The average molecular weight is 274 g/mol. The van der Waals surface area contributed by atoms with Gasteiger partial charge in [-0.1, -0.05) is 13.8 Å². The summed E-state index contributed by atoms with van der Waals surface area (Å²) in [7, 11) is 2.48. The summed E-state index contributed by atoms with van der Waals surface area (Å²) >= 11 is 0. The van der Waals surface area contributed by atoms with Gasteiger partial charge in [0.05, 0.1) is 20.6 Å². The largest absolute Gasteiger partial charge is 0.492 e. The van der Waals surface area contributed by atoms with Crippen molar-refractivity contribution in [1.29, 1.82) is 0 Å². The molecule has 0 heterocycles. The molecule has 0 saturated carbocycles. The second kappa shape index (κ2) is 5.42. The predicted molar refractivity (Wildman–Crippen MR) is 64.7 cm³/mol. The van der Waals surface area contributed by atoms with Gasteiger partial charge in [0.2, 0.25) is 0 Å². The van der Waals surface area contributed by atoms with Crippen molar-refractivity contribution in [3.63, 3.8) is 0 Å². The van der Waals surface area contributed by atoms with E-state index in [0.717, 1.165) is 0 Å². The smallest absolute Gasteiger partial charge is 0.304 e. The van der Waals surface area contributed by atoms with E-state index in [1.54, 1.807) is 13.8 Å². The Labute approximate surface area is 109 Å². The van der Waals surface area contributed by atoms with Crippen LogP contribution >= 0.6 is 0 Å². The molecule has 0 aliphatic carbocycles. The molecular weight excluding hydrogens is 258 g/mol. The van der Waals surface area contributed by atoms with Crippen molar-refractivity contribution in [3.05, 3.63) is 23.3 Å². The van der Waals surface area contributed by atoms with Crippen LogP contribution in [0.2, 0.25) is 0 Å². The number of ether oxygens (including phenoxy) is 2. The predicted octanol–water partition coefficient (Wildman–Crippen LogP) is 2.73. The van der Waals surface area contributed by atoms with Crippen molar-refractivity contribution >= 4 is 5.97 Å². The molecular formula is C13H16F2O4. The van der Waals surface area contributed by atoms with Crippen LogP contribution in [0.1, 0.15) is 25.8 Å². The molecule has 0 saturated heterocycles. The lowest BCUT2D eigenvalue weighted by Gasteiger charge is -2.27. The number of rotatable bonds is 5. The van der Waals surface area contributed by atoms with Crippen LogP contribution < -0.4 is 9.47 Å². The van der Waals surface area contributed by atoms with E-state index in [9.17, 15) is 13.6 Å². The first-order valence-corrected chi connectivity index (χ1v) is 5.56. The Morgan fingerprint density at radius 1 is 1.21 bits per heavy atom. The molecule has 0 spiro atoms. The van der Waals surface area contributed by atoms with Crippen LogP contribution in [0.5, 0.6) is 11.5 Å². The standard InChI is InChI=1S/C13H16F2O4/c1-13(2,6-9(16)17)10-7(14)5-8(15)11(18-3)12(10)19-4/h5H,6H2,1-4H3,(H,16,17). The molecule has 19 heavy (non-hydrogen) atoms. The zero-order valence-corrected chi connectivity index (χ0v) is 11.2. The monoisotopic (exact) mass is 274 g/mol. The lowest BCUT2D eigenvalue weighted by Crippen LogP contribution is -2.24. The third-order valence-electron chi connectivity index (χ3n) is 2.82. The topological polar surface area (TPSA) is 55.8 Å². The molecule has 0 amide bonds. The van der Waals surface area contributed by atoms with E-state index in [1.807, 2.05) is 0 Å². The number of hydrogen-bond donors (Lipinski definition) is 1. The number of halogens is 2. The van der Waals surface area contributed by atoms with Gasteiger partial charge in [-0.3, -0.25) is 4.79 Å². The molecule has 106 valence electrons.